The van der Waals surface area contributed by atoms with Gasteiger partial charge in [0.1, 0.15) is 5.82 Å². The van der Waals surface area contributed by atoms with E-state index in [9.17, 15) is 13.5 Å². The molecule has 2 rings (SSSR count). The van der Waals surface area contributed by atoms with Crippen molar-refractivity contribution >= 4 is 10.0 Å². The number of aliphatic hydroxyl groups is 1. The number of nitrogens with one attached hydrogen (secondary N) is 2. The Morgan fingerprint density at radius 2 is 2.25 bits per heavy atom. The fourth-order valence-corrected chi connectivity index (χ4v) is 3.06. The van der Waals surface area contributed by atoms with E-state index in [4.69, 9.17) is 0 Å². The van der Waals surface area contributed by atoms with Crippen LogP contribution in [0.2, 0.25) is 0 Å². The van der Waals surface area contributed by atoms with E-state index in [1.807, 2.05) is 11.6 Å². The van der Waals surface area contributed by atoms with Crippen molar-refractivity contribution in [3.63, 3.8) is 0 Å². The number of aromatic amines is 1. The van der Waals surface area contributed by atoms with E-state index in [0.717, 1.165) is 5.82 Å². The molecule has 0 aliphatic carbocycles. The van der Waals surface area contributed by atoms with Gasteiger partial charge in [-0.05, 0) is 6.92 Å². The molecule has 3 N–H and O–H groups in total. The monoisotopic (exact) mass is 299 g/mol. The molecule has 0 saturated carbocycles. The van der Waals surface area contributed by atoms with Gasteiger partial charge in [-0.25, -0.2) is 18.1 Å². The molecule has 0 unspecified atom stereocenters. The zero-order valence-corrected chi connectivity index (χ0v) is 12.1. The number of hydrogen-bond acceptors (Lipinski definition) is 5. The van der Waals surface area contributed by atoms with E-state index >= 15 is 0 Å². The van der Waals surface area contributed by atoms with Gasteiger partial charge >= 0.3 is 0 Å². The quantitative estimate of drug-likeness (QED) is 0.663. The van der Waals surface area contributed by atoms with Crippen LogP contribution in [0.25, 0.3) is 0 Å². The average Bonchev–Trinajstić information content (AvgIpc) is 2.96. The third kappa shape index (κ3) is 2.89. The van der Waals surface area contributed by atoms with E-state index in [1.54, 1.807) is 19.3 Å². The lowest BCUT2D eigenvalue weighted by molar-refractivity contribution is 0.277. The highest BCUT2D eigenvalue weighted by atomic mass is 32.2. The van der Waals surface area contributed by atoms with Crippen LogP contribution in [0.15, 0.2) is 17.4 Å². The number of H-pyrrole nitrogens is 1. The third-order valence-electron chi connectivity index (χ3n) is 3.01. The fraction of sp³-hybridized carbons (Fsp3) is 0.455. The highest BCUT2D eigenvalue weighted by molar-refractivity contribution is 7.89. The minimum absolute atomic E-state index is 0.155. The van der Waals surface area contributed by atoms with Gasteiger partial charge in [0.25, 0.3) is 10.0 Å². The molecule has 2 aromatic rings. The standard InChI is InChI=1S/C11H17N5O3S/c1-8-9(7-17)11(15-14-8)20(18,19)13-4-3-10-12-5-6-16(10)2/h5-6,13,17H,3-4,7H2,1-2H3,(H,14,15). The van der Waals surface area contributed by atoms with Crippen LogP contribution in [0, 0.1) is 6.92 Å². The molecule has 0 aromatic carbocycles. The van der Waals surface area contributed by atoms with Crippen LogP contribution >= 0.6 is 0 Å². The molecular weight excluding hydrogens is 282 g/mol. The van der Waals surface area contributed by atoms with Crippen molar-refractivity contribution in [1.29, 1.82) is 0 Å². The van der Waals surface area contributed by atoms with Crippen LogP contribution in [0.1, 0.15) is 17.1 Å². The van der Waals surface area contributed by atoms with Crippen molar-refractivity contribution in [1.82, 2.24) is 24.5 Å². The van der Waals surface area contributed by atoms with Gasteiger partial charge in [-0.1, -0.05) is 0 Å². The summed E-state index contributed by atoms with van der Waals surface area (Å²) in [6.45, 7) is 1.49. The molecule has 0 amide bonds. The lowest BCUT2D eigenvalue weighted by Gasteiger charge is -2.06. The van der Waals surface area contributed by atoms with Crippen molar-refractivity contribution in [2.75, 3.05) is 6.54 Å². The largest absolute Gasteiger partial charge is 0.392 e. The number of aryl methyl sites for hydroxylation is 2. The lowest BCUT2D eigenvalue weighted by Crippen LogP contribution is -2.27. The van der Waals surface area contributed by atoms with Gasteiger partial charge in [-0.3, -0.25) is 5.10 Å². The summed E-state index contributed by atoms with van der Waals surface area (Å²) in [5.74, 6) is 0.785. The second kappa shape index (κ2) is 5.73. The van der Waals surface area contributed by atoms with Crippen molar-refractivity contribution in [2.45, 2.75) is 25.0 Å². The predicted octanol–water partition coefficient (Wildman–Crippen LogP) is -0.535. The van der Waals surface area contributed by atoms with E-state index in [-0.39, 0.29) is 23.7 Å². The molecule has 20 heavy (non-hydrogen) atoms. The zero-order chi connectivity index (χ0) is 14.8. The van der Waals surface area contributed by atoms with Crippen molar-refractivity contribution in [3.8, 4) is 0 Å². The van der Waals surface area contributed by atoms with Gasteiger partial charge in [0, 0.05) is 43.7 Å². The van der Waals surface area contributed by atoms with Crippen LogP contribution in [0.4, 0.5) is 0 Å². The molecule has 8 nitrogen and oxygen atoms in total. The van der Waals surface area contributed by atoms with Crippen molar-refractivity contribution in [3.05, 3.63) is 29.5 Å². The summed E-state index contributed by atoms with van der Waals surface area (Å²) in [7, 11) is -1.89. The predicted molar refractivity (Wildman–Crippen MR) is 71.3 cm³/mol. The van der Waals surface area contributed by atoms with Gasteiger partial charge in [-0.15, -0.1) is 0 Å². The summed E-state index contributed by atoms with van der Waals surface area (Å²) >= 11 is 0. The van der Waals surface area contributed by atoms with E-state index < -0.39 is 10.0 Å². The van der Waals surface area contributed by atoms with E-state index in [2.05, 4.69) is 19.9 Å². The molecule has 0 aliphatic heterocycles. The minimum Gasteiger partial charge on any atom is -0.392 e. The van der Waals surface area contributed by atoms with Crippen LogP contribution < -0.4 is 4.72 Å². The third-order valence-corrected chi connectivity index (χ3v) is 4.44. The summed E-state index contributed by atoms with van der Waals surface area (Å²) in [5.41, 5.74) is 0.825. The Kier molecular flexibility index (Phi) is 4.21. The SMILES string of the molecule is Cc1[nH]nc(S(=O)(=O)NCCc2nccn2C)c1CO. The number of aliphatic hydroxyl groups excluding tert-OH is 1. The van der Waals surface area contributed by atoms with E-state index in [0.29, 0.717) is 12.1 Å². The highest BCUT2D eigenvalue weighted by Gasteiger charge is 2.22. The van der Waals surface area contributed by atoms with Gasteiger partial charge in [0.05, 0.1) is 6.61 Å². The number of aromatic nitrogens is 4. The Bertz CT molecular complexity index is 689. The molecule has 0 radical (unpaired) electrons. The summed E-state index contributed by atoms with van der Waals surface area (Å²) in [6.07, 6.45) is 3.93. The smallest absolute Gasteiger partial charge is 0.260 e. The Morgan fingerprint density at radius 3 is 2.85 bits per heavy atom. The van der Waals surface area contributed by atoms with Crippen LogP contribution in [0.5, 0.6) is 0 Å². The number of hydrogen-bond donors (Lipinski definition) is 3. The molecule has 0 fully saturated rings. The first-order valence-electron chi connectivity index (χ1n) is 6.06. The molecule has 0 saturated heterocycles. The summed E-state index contributed by atoms with van der Waals surface area (Å²) in [5, 5.41) is 15.3. The van der Waals surface area contributed by atoms with Gasteiger partial charge in [0.2, 0.25) is 0 Å². The Morgan fingerprint density at radius 1 is 1.50 bits per heavy atom. The minimum atomic E-state index is -3.74. The molecular formula is C11H17N5O3S. The van der Waals surface area contributed by atoms with Gasteiger partial charge in [-0.2, -0.15) is 5.10 Å². The lowest BCUT2D eigenvalue weighted by atomic mass is 10.3. The first kappa shape index (κ1) is 14.7. The highest BCUT2D eigenvalue weighted by Crippen LogP contribution is 2.15. The normalized spacial score (nSPS) is 11.9. The second-order valence-electron chi connectivity index (χ2n) is 4.39. The zero-order valence-electron chi connectivity index (χ0n) is 11.3. The molecule has 0 aliphatic rings. The molecule has 0 bridgehead atoms. The van der Waals surface area contributed by atoms with Crippen LogP contribution in [-0.2, 0) is 30.1 Å². The van der Waals surface area contributed by atoms with Crippen molar-refractivity contribution < 1.29 is 13.5 Å². The average molecular weight is 299 g/mol. The molecule has 9 heteroatoms. The van der Waals surface area contributed by atoms with Crippen LogP contribution in [-0.4, -0.2) is 39.8 Å². The number of nitrogens with zero attached hydrogens (tertiary/aromatic N) is 3. The maximum Gasteiger partial charge on any atom is 0.260 e. The maximum atomic E-state index is 12.1. The topological polar surface area (TPSA) is 113 Å². The molecule has 110 valence electrons. The number of sulfonamides is 1. The van der Waals surface area contributed by atoms with E-state index in [1.165, 1.54) is 0 Å². The fourth-order valence-electron chi connectivity index (χ4n) is 1.84. The maximum absolute atomic E-state index is 12.1. The second-order valence-corrected chi connectivity index (χ2v) is 6.07. The Labute approximate surface area is 116 Å². The molecule has 0 atom stereocenters. The van der Waals surface area contributed by atoms with Crippen molar-refractivity contribution in [2.24, 2.45) is 7.05 Å². The Hall–Kier alpha value is -1.71. The molecule has 2 aromatic heterocycles. The summed E-state index contributed by atoms with van der Waals surface area (Å²) in [6, 6.07) is 0. The van der Waals surface area contributed by atoms with Crippen LogP contribution in [0.3, 0.4) is 0 Å². The molecule has 0 spiro atoms. The first-order chi connectivity index (χ1) is 9.45. The number of rotatable bonds is 6. The first-order valence-corrected chi connectivity index (χ1v) is 7.54. The summed E-state index contributed by atoms with van der Waals surface area (Å²) in [4.78, 5) is 4.11. The molecule has 2 heterocycles. The summed E-state index contributed by atoms with van der Waals surface area (Å²) < 4.78 is 28.5. The van der Waals surface area contributed by atoms with Gasteiger partial charge in [0.15, 0.2) is 5.03 Å². The Balaban J connectivity index is 2.06. The van der Waals surface area contributed by atoms with Gasteiger partial charge < -0.3 is 9.67 Å². The number of imidazole rings is 1.